The molecule has 0 aromatic heterocycles. The number of benzene rings is 3. The lowest BCUT2D eigenvalue weighted by atomic mass is 10.1. The van der Waals surface area contributed by atoms with Gasteiger partial charge >= 0.3 is 0 Å². The molecule has 0 saturated carbocycles. The number of rotatable bonds is 6. The van der Waals surface area contributed by atoms with Crippen LogP contribution < -0.4 is 4.74 Å². The Morgan fingerprint density at radius 2 is 1.58 bits per heavy atom. The maximum atomic E-state index is 13.0. The van der Waals surface area contributed by atoms with Crippen LogP contribution in [0.2, 0.25) is 0 Å². The molecule has 3 nitrogen and oxygen atoms in total. The summed E-state index contributed by atoms with van der Waals surface area (Å²) in [5.41, 5.74) is 2.85. The lowest BCUT2D eigenvalue weighted by Gasteiger charge is -2.18. The maximum Gasteiger partial charge on any atom is 0.260 e. The predicted molar refractivity (Wildman–Crippen MR) is 100 cm³/mol. The minimum absolute atomic E-state index is 0.0540. The molecular formula is C22H20FNO2. The van der Waals surface area contributed by atoms with Crippen molar-refractivity contribution in [3.63, 3.8) is 0 Å². The zero-order chi connectivity index (χ0) is 18.4. The van der Waals surface area contributed by atoms with E-state index in [-0.39, 0.29) is 18.3 Å². The van der Waals surface area contributed by atoms with Gasteiger partial charge in [0.05, 0.1) is 0 Å². The van der Waals surface area contributed by atoms with E-state index in [1.165, 1.54) is 12.1 Å². The second-order valence-corrected chi connectivity index (χ2v) is 6.03. The van der Waals surface area contributed by atoms with Gasteiger partial charge in [-0.3, -0.25) is 4.79 Å². The summed E-state index contributed by atoms with van der Waals surface area (Å²) in [6.07, 6.45) is 0. The number of halogens is 1. The van der Waals surface area contributed by atoms with Gasteiger partial charge in [0.2, 0.25) is 0 Å². The van der Waals surface area contributed by atoms with Crippen molar-refractivity contribution < 1.29 is 13.9 Å². The zero-order valence-corrected chi connectivity index (χ0v) is 14.6. The summed E-state index contributed by atoms with van der Waals surface area (Å²) in [6.45, 7) is 0.352. The smallest absolute Gasteiger partial charge is 0.260 e. The van der Waals surface area contributed by atoms with Crippen LogP contribution in [0.4, 0.5) is 4.39 Å². The summed E-state index contributed by atoms with van der Waals surface area (Å²) in [7, 11) is 1.71. The van der Waals surface area contributed by atoms with Crippen LogP contribution in [0.25, 0.3) is 11.1 Å². The molecule has 3 aromatic rings. The number of hydrogen-bond acceptors (Lipinski definition) is 2. The molecule has 1 amide bonds. The van der Waals surface area contributed by atoms with Gasteiger partial charge in [-0.25, -0.2) is 4.39 Å². The molecule has 0 bridgehead atoms. The number of hydrogen-bond donors (Lipinski definition) is 0. The van der Waals surface area contributed by atoms with Gasteiger partial charge in [0.25, 0.3) is 5.91 Å². The molecule has 0 aliphatic rings. The normalized spacial score (nSPS) is 10.4. The van der Waals surface area contributed by atoms with E-state index in [1.807, 2.05) is 54.6 Å². The Labute approximate surface area is 152 Å². The molecule has 3 aromatic carbocycles. The van der Waals surface area contributed by atoms with Gasteiger partial charge in [-0.05, 0) is 29.3 Å². The van der Waals surface area contributed by atoms with E-state index in [4.69, 9.17) is 4.74 Å². The Morgan fingerprint density at radius 3 is 2.31 bits per heavy atom. The van der Waals surface area contributed by atoms with E-state index in [0.29, 0.717) is 12.3 Å². The molecule has 132 valence electrons. The second-order valence-electron chi connectivity index (χ2n) is 6.03. The topological polar surface area (TPSA) is 29.5 Å². The third-order valence-corrected chi connectivity index (χ3v) is 4.08. The number of likely N-dealkylation sites (N-methyl/N-ethyl adjacent to an activating group) is 1. The summed E-state index contributed by atoms with van der Waals surface area (Å²) in [5.74, 6) is 0.239. The molecule has 0 fully saturated rings. The predicted octanol–water partition coefficient (Wildman–Crippen LogP) is 4.53. The zero-order valence-electron chi connectivity index (χ0n) is 14.6. The van der Waals surface area contributed by atoms with Crippen LogP contribution in [0.3, 0.4) is 0 Å². The number of para-hydroxylation sites is 1. The Bertz CT molecular complexity index is 863. The van der Waals surface area contributed by atoms with Crippen LogP contribution in [-0.2, 0) is 11.3 Å². The van der Waals surface area contributed by atoms with Crippen molar-refractivity contribution in [1.82, 2.24) is 4.90 Å². The lowest BCUT2D eigenvalue weighted by molar-refractivity contribution is -0.132. The average Bonchev–Trinajstić information content (AvgIpc) is 2.68. The molecule has 0 atom stereocenters. The van der Waals surface area contributed by atoms with Crippen LogP contribution >= 0.6 is 0 Å². The fourth-order valence-electron chi connectivity index (χ4n) is 2.65. The van der Waals surface area contributed by atoms with Crippen molar-refractivity contribution in [2.75, 3.05) is 13.7 Å². The standard InChI is InChI=1S/C22H20FNO2/c1-24(15-17-11-13-19(23)14-12-17)22(25)16-26-21-10-6-5-9-20(21)18-7-3-2-4-8-18/h2-14H,15-16H2,1H3. The molecule has 0 aliphatic carbocycles. The van der Waals surface area contributed by atoms with Crippen molar-refractivity contribution in [3.8, 4) is 16.9 Å². The number of carbonyl (C=O) groups is 1. The fourth-order valence-corrected chi connectivity index (χ4v) is 2.65. The van der Waals surface area contributed by atoms with Crippen molar-refractivity contribution in [2.45, 2.75) is 6.54 Å². The quantitative estimate of drug-likeness (QED) is 0.654. The Morgan fingerprint density at radius 1 is 0.923 bits per heavy atom. The Balaban J connectivity index is 1.64. The highest BCUT2D eigenvalue weighted by molar-refractivity contribution is 5.78. The van der Waals surface area contributed by atoms with Crippen LogP contribution in [0.1, 0.15) is 5.56 Å². The summed E-state index contributed by atoms with van der Waals surface area (Å²) in [6, 6.07) is 23.7. The number of amides is 1. The van der Waals surface area contributed by atoms with Gasteiger partial charge in [0, 0.05) is 19.2 Å². The third kappa shape index (κ3) is 4.48. The molecule has 0 unspecified atom stereocenters. The largest absolute Gasteiger partial charge is 0.483 e. The first-order chi connectivity index (χ1) is 12.6. The molecule has 0 radical (unpaired) electrons. The average molecular weight is 349 g/mol. The van der Waals surface area contributed by atoms with E-state index in [9.17, 15) is 9.18 Å². The molecule has 3 rings (SSSR count). The van der Waals surface area contributed by atoms with Crippen LogP contribution in [0, 0.1) is 5.82 Å². The highest BCUT2D eigenvalue weighted by atomic mass is 19.1. The van der Waals surface area contributed by atoms with Gasteiger partial charge in [-0.2, -0.15) is 0 Å². The van der Waals surface area contributed by atoms with Gasteiger partial charge in [0.1, 0.15) is 11.6 Å². The van der Waals surface area contributed by atoms with E-state index in [0.717, 1.165) is 16.7 Å². The van der Waals surface area contributed by atoms with Crippen LogP contribution in [0.15, 0.2) is 78.9 Å². The first kappa shape index (κ1) is 17.7. The maximum absolute atomic E-state index is 13.0. The van der Waals surface area contributed by atoms with Gasteiger partial charge in [0.15, 0.2) is 6.61 Å². The monoisotopic (exact) mass is 349 g/mol. The van der Waals surface area contributed by atoms with E-state index in [2.05, 4.69) is 0 Å². The summed E-state index contributed by atoms with van der Waals surface area (Å²) in [5, 5.41) is 0. The second kappa shape index (κ2) is 8.30. The van der Waals surface area contributed by atoms with E-state index in [1.54, 1.807) is 24.1 Å². The molecule has 26 heavy (non-hydrogen) atoms. The molecule has 0 spiro atoms. The van der Waals surface area contributed by atoms with Gasteiger partial charge in [-0.15, -0.1) is 0 Å². The first-order valence-corrected chi connectivity index (χ1v) is 8.39. The molecule has 0 N–H and O–H groups in total. The van der Waals surface area contributed by atoms with Crippen molar-refractivity contribution in [3.05, 3.63) is 90.2 Å². The molecule has 0 heterocycles. The van der Waals surface area contributed by atoms with E-state index >= 15 is 0 Å². The molecular weight excluding hydrogens is 329 g/mol. The highest BCUT2D eigenvalue weighted by Gasteiger charge is 2.12. The summed E-state index contributed by atoms with van der Waals surface area (Å²) < 4.78 is 18.7. The first-order valence-electron chi connectivity index (χ1n) is 8.39. The number of ether oxygens (including phenoxy) is 1. The van der Waals surface area contributed by atoms with Gasteiger partial charge < -0.3 is 9.64 Å². The SMILES string of the molecule is CN(Cc1ccc(F)cc1)C(=O)COc1ccccc1-c1ccccc1. The number of carbonyl (C=O) groups excluding carboxylic acids is 1. The molecule has 0 saturated heterocycles. The van der Waals surface area contributed by atoms with Crippen molar-refractivity contribution in [2.24, 2.45) is 0 Å². The van der Waals surface area contributed by atoms with Gasteiger partial charge in [-0.1, -0.05) is 60.7 Å². The fraction of sp³-hybridized carbons (Fsp3) is 0.136. The minimum Gasteiger partial charge on any atom is -0.483 e. The van der Waals surface area contributed by atoms with E-state index < -0.39 is 0 Å². The highest BCUT2D eigenvalue weighted by Crippen LogP contribution is 2.29. The summed E-state index contributed by atoms with van der Waals surface area (Å²) in [4.78, 5) is 13.9. The lowest BCUT2D eigenvalue weighted by Crippen LogP contribution is -2.31. The van der Waals surface area contributed by atoms with Crippen LogP contribution in [0.5, 0.6) is 5.75 Å². The summed E-state index contributed by atoms with van der Waals surface area (Å²) >= 11 is 0. The molecule has 4 heteroatoms. The minimum atomic E-state index is -0.288. The van der Waals surface area contributed by atoms with Crippen molar-refractivity contribution in [1.29, 1.82) is 0 Å². The van der Waals surface area contributed by atoms with Crippen LogP contribution in [-0.4, -0.2) is 24.5 Å². The Kier molecular flexibility index (Phi) is 5.64. The Hall–Kier alpha value is -3.14. The third-order valence-electron chi connectivity index (χ3n) is 4.08. The molecule has 0 aliphatic heterocycles. The number of nitrogens with zero attached hydrogens (tertiary/aromatic N) is 1. The van der Waals surface area contributed by atoms with Crippen molar-refractivity contribution >= 4 is 5.91 Å².